The smallest absolute Gasteiger partial charge is 0.327 e. The molecular weight excluding hydrogens is 346 g/mol. The number of hydrogen-bond acceptors (Lipinski definition) is 5. The summed E-state index contributed by atoms with van der Waals surface area (Å²) < 4.78 is 5.37. The lowest BCUT2D eigenvalue weighted by atomic mass is 9.97. The first kappa shape index (κ1) is 16.4. The minimum atomic E-state index is -1.02. The monoisotopic (exact) mass is 357 g/mol. The van der Waals surface area contributed by atoms with Crippen LogP contribution in [0.1, 0.15) is 21.2 Å². The number of ketones is 1. The number of hydrogen-bond donors (Lipinski definition) is 0. The number of esters is 1. The molecule has 0 bridgehead atoms. The summed E-state index contributed by atoms with van der Waals surface area (Å²) in [7, 11) is 0. The third kappa shape index (κ3) is 3.69. The van der Waals surface area contributed by atoms with Crippen LogP contribution in [-0.2, 0) is 4.79 Å². The van der Waals surface area contributed by atoms with E-state index in [1.807, 2.05) is 5.38 Å². The van der Waals surface area contributed by atoms with Crippen LogP contribution in [0.3, 0.4) is 0 Å². The number of thiophene rings is 1. The summed E-state index contributed by atoms with van der Waals surface area (Å²) in [5.41, 5.74) is 0.365. The summed E-state index contributed by atoms with van der Waals surface area (Å²) in [5, 5.41) is 2.35. The number of benzene rings is 1. The number of rotatable bonds is 5. The maximum absolute atomic E-state index is 12.8. The molecule has 0 N–H and O–H groups in total. The molecule has 0 spiro atoms. The Kier molecular flexibility index (Phi) is 5.03. The first-order valence-corrected chi connectivity index (χ1v) is 8.36. The standard InChI is InChI=1S/C18H12ClNO3S/c19-13-5-7-14(8-6-13)23-18(22)16(15-4-2-10-24-15)17(21)12-3-1-9-20-11-12/h1-11,16H. The Hall–Kier alpha value is -2.50. The van der Waals surface area contributed by atoms with Gasteiger partial charge in [-0.3, -0.25) is 14.6 Å². The lowest BCUT2D eigenvalue weighted by Gasteiger charge is -2.13. The molecule has 1 aromatic carbocycles. The summed E-state index contributed by atoms with van der Waals surface area (Å²) in [6.45, 7) is 0. The number of halogens is 1. The highest BCUT2D eigenvalue weighted by Gasteiger charge is 2.32. The van der Waals surface area contributed by atoms with Gasteiger partial charge in [-0.05, 0) is 47.8 Å². The van der Waals surface area contributed by atoms with Gasteiger partial charge in [0.2, 0.25) is 0 Å². The van der Waals surface area contributed by atoms with E-state index < -0.39 is 11.9 Å². The van der Waals surface area contributed by atoms with E-state index >= 15 is 0 Å². The quantitative estimate of drug-likeness (QED) is 0.294. The lowest BCUT2D eigenvalue weighted by Crippen LogP contribution is -2.25. The topological polar surface area (TPSA) is 56.3 Å². The van der Waals surface area contributed by atoms with E-state index in [0.717, 1.165) is 0 Å². The molecule has 24 heavy (non-hydrogen) atoms. The van der Waals surface area contributed by atoms with Crippen molar-refractivity contribution < 1.29 is 14.3 Å². The number of carbonyl (C=O) groups excluding carboxylic acids is 2. The van der Waals surface area contributed by atoms with Crippen LogP contribution >= 0.6 is 22.9 Å². The molecule has 2 heterocycles. The largest absolute Gasteiger partial charge is 0.426 e. The zero-order chi connectivity index (χ0) is 16.9. The van der Waals surface area contributed by atoms with Crippen LogP contribution in [0.5, 0.6) is 5.75 Å². The fourth-order valence-corrected chi connectivity index (χ4v) is 3.10. The number of carbonyl (C=O) groups is 2. The summed E-state index contributed by atoms with van der Waals surface area (Å²) in [4.78, 5) is 30.0. The van der Waals surface area contributed by atoms with Gasteiger partial charge in [0.05, 0.1) is 0 Å². The van der Waals surface area contributed by atoms with E-state index in [2.05, 4.69) is 4.98 Å². The summed E-state index contributed by atoms with van der Waals surface area (Å²) in [5.74, 6) is -1.66. The van der Waals surface area contributed by atoms with Crippen molar-refractivity contribution in [1.82, 2.24) is 4.98 Å². The van der Waals surface area contributed by atoms with Crippen LogP contribution < -0.4 is 4.74 Å². The highest BCUT2D eigenvalue weighted by Crippen LogP contribution is 2.27. The molecule has 0 aliphatic rings. The molecule has 1 atom stereocenters. The molecule has 1 unspecified atom stereocenters. The molecule has 3 rings (SSSR count). The van der Waals surface area contributed by atoms with Crippen molar-refractivity contribution in [3.63, 3.8) is 0 Å². The van der Waals surface area contributed by atoms with Crippen molar-refractivity contribution in [2.75, 3.05) is 0 Å². The molecule has 0 amide bonds. The Morgan fingerprint density at radius 2 is 1.88 bits per heavy atom. The van der Waals surface area contributed by atoms with Crippen LogP contribution in [0.2, 0.25) is 5.02 Å². The van der Waals surface area contributed by atoms with Crippen molar-refractivity contribution in [3.8, 4) is 5.75 Å². The van der Waals surface area contributed by atoms with Crippen molar-refractivity contribution >= 4 is 34.7 Å². The highest BCUT2D eigenvalue weighted by molar-refractivity contribution is 7.10. The predicted molar refractivity (Wildman–Crippen MR) is 92.7 cm³/mol. The van der Waals surface area contributed by atoms with Gasteiger partial charge in [-0.25, -0.2) is 0 Å². The van der Waals surface area contributed by atoms with E-state index in [1.54, 1.807) is 54.7 Å². The molecular formula is C18H12ClNO3S. The van der Waals surface area contributed by atoms with Gasteiger partial charge in [0.15, 0.2) is 11.7 Å². The van der Waals surface area contributed by atoms with E-state index in [9.17, 15) is 9.59 Å². The van der Waals surface area contributed by atoms with Gasteiger partial charge in [-0.15, -0.1) is 11.3 Å². The molecule has 120 valence electrons. The first-order chi connectivity index (χ1) is 11.6. The molecule has 0 saturated carbocycles. The highest BCUT2D eigenvalue weighted by atomic mass is 35.5. The van der Waals surface area contributed by atoms with E-state index in [0.29, 0.717) is 21.2 Å². The van der Waals surface area contributed by atoms with Crippen LogP contribution in [-0.4, -0.2) is 16.7 Å². The second-order valence-corrected chi connectivity index (χ2v) is 6.35. The predicted octanol–water partition coefficient (Wildman–Crippen LogP) is 4.37. The van der Waals surface area contributed by atoms with Gasteiger partial charge >= 0.3 is 5.97 Å². The van der Waals surface area contributed by atoms with Gasteiger partial charge in [0.1, 0.15) is 5.75 Å². The molecule has 0 saturated heterocycles. The third-order valence-electron chi connectivity index (χ3n) is 3.30. The Labute approximate surface area is 147 Å². The average Bonchev–Trinajstić information content (AvgIpc) is 3.12. The van der Waals surface area contributed by atoms with Crippen LogP contribution in [0.4, 0.5) is 0 Å². The van der Waals surface area contributed by atoms with Crippen LogP contribution in [0.15, 0.2) is 66.3 Å². The Morgan fingerprint density at radius 1 is 1.08 bits per heavy atom. The zero-order valence-corrected chi connectivity index (χ0v) is 14.0. The van der Waals surface area contributed by atoms with Crippen molar-refractivity contribution in [2.24, 2.45) is 0 Å². The van der Waals surface area contributed by atoms with Gasteiger partial charge in [0.25, 0.3) is 0 Å². The van der Waals surface area contributed by atoms with Gasteiger partial charge < -0.3 is 4.74 Å². The second kappa shape index (κ2) is 7.38. The SMILES string of the molecule is O=C(Oc1ccc(Cl)cc1)C(C(=O)c1cccnc1)c1cccs1. The fourth-order valence-electron chi connectivity index (χ4n) is 2.16. The number of pyridine rings is 1. The number of Topliss-reactive ketones (excluding diaryl/α,β-unsaturated/α-hetero) is 1. The minimum absolute atomic E-state index is 0.338. The molecule has 0 radical (unpaired) electrons. The average molecular weight is 358 g/mol. The molecule has 0 aliphatic carbocycles. The van der Waals surface area contributed by atoms with E-state index in [4.69, 9.17) is 16.3 Å². The number of aromatic nitrogens is 1. The summed E-state index contributed by atoms with van der Waals surface area (Å²) in [6.07, 6.45) is 3.02. The maximum Gasteiger partial charge on any atom is 0.327 e. The van der Waals surface area contributed by atoms with Gasteiger partial charge in [0, 0.05) is 27.9 Å². The summed E-state index contributed by atoms with van der Waals surface area (Å²) in [6, 6.07) is 13.2. The Morgan fingerprint density at radius 3 is 2.50 bits per heavy atom. The Balaban J connectivity index is 1.89. The molecule has 0 fully saturated rings. The molecule has 2 aromatic heterocycles. The third-order valence-corrected chi connectivity index (χ3v) is 4.49. The second-order valence-electron chi connectivity index (χ2n) is 4.93. The van der Waals surface area contributed by atoms with Crippen molar-refractivity contribution in [1.29, 1.82) is 0 Å². The van der Waals surface area contributed by atoms with Crippen molar-refractivity contribution in [3.05, 3.63) is 81.8 Å². The number of ether oxygens (including phenoxy) is 1. The van der Waals surface area contributed by atoms with Crippen LogP contribution in [0, 0.1) is 0 Å². The first-order valence-electron chi connectivity index (χ1n) is 7.10. The maximum atomic E-state index is 12.8. The molecule has 4 nitrogen and oxygen atoms in total. The Bertz CT molecular complexity index is 832. The summed E-state index contributed by atoms with van der Waals surface area (Å²) >= 11 is 7.15. The van der Waals surface area contributed by atoms with E-state index in [-0.39, 0.29) is 5.78 Å². The zero-order valence-electron chi connectivity index (χ0n) is 12.4. The van der Waals surface area contributed by atoms with Gasteiger partial charge in [-0.1, -0.05) is 17.7 Å². The normalized spacial score (nSPS) is 11.7. The van der Waals surface area contributed by atoms with E-state index in [1.165, 1.54) is 17.5 Å². The number of nitrogens with zero attached hydrogens (tertiary/aromatic N) is 1. The molecule has 0 aliphatic heterocycles. The lowest BCUT2D eigenvalue weighted by molar-refractivity contribution is -0.134. The van der Waals surface area contributed by atoms with Crippen molar-refractivity contribution in [2.45, 2.75) is 5.92 Å². The minimum Gasteiger partial charge on any atom is -0.426 e. The van der Waals surface area contributed by atoms with Crippen LogP contribution in [0.25, 0.3) is 0 Å². The van der Waals surface area contributed by atoms with Gasteiger partial charge in [-0.2, -0.15) is 0 Å². The molecule has 6 heteroatoms. The fraction of sp³-hybridized carbons (Fsp3) is 0.0556. The molecule has 3 aromatic rings.